The Morgan fingerprint density at radius 2 is 2.18 bits per heavy atom. The number of rotatable bonds is 3. The molecule has 22 heavy (non-hydrogen) atoms. The lowest BCUT2D eigenvalue weighted by molar-refractivity contribution is 0.200. The van der Waals surface area contributed by atoms with Crippen LogP contribution < -0.4 is 10.0 Å². The van der Waals surface area contributed by atoms with E-state index in [2.05, 4.69) is 10.0 Å². The molecule has 1 aliphatic heterocycles. The minimum atomic E-state index is -3.42. The molecule has 1 aromatic rings. The second-order valence-electron chi connectivity index (χ2n) is 5.02. The number of benzene rings is 1. The number of hydrogen-bond donors (Lipinski definition) is 2. The Bertz CT molecular complexity index is 668. The average Bonchev–Trinajstić information content (AvgIpc) is 2.51. The lowest BCUT2D eigenvalue weighted by Crippen LogP contribution is -2.49. The van der Waals surface area contributed by atoms with Crippen molar-refractivity contribution < 1.29 is 17.6 Å². The van der Waals surface area contributed by atoms with Crippen LogP contribution in [0.15, 0.2) is 18.2 Å². The van der Waals surface area contributed by atoms with Crippen LogP contribution in [0.1, 0.15) is 12.8 Å². The Morgan fingerprint density at radius 1 is 1.45 bits per heavy atom. The van der Waals surface area contributed by atoms with Crippen molar-refractivity contribution in [1.29, 1.82) is 0 Å². The molecule has 1 heterocycles. The highest BCUT2D eigenvalue weighted by molar-refractivity contribution is 7.90. The van der Waals surface area contributed by atoms with Gasteiger partial charge in [-0.1, -0.05) is 11.6 Å². The third-order valence-corrected chi connectivity index (χ3v) is 5.68. The summed E-state index contributed by atoms with van der Waals surface area (Å²) < 4.78 is 39.0. The normalized spacial score (nSPS) is 19.0. The third kappa shape index (κ3) is 3.88. The van der Waals surface area contributed by atoms with E-state index in [0.717, 1.165) is 6.07 Å². The van der Waals surface area contributed by atoms with Crippen LogP contribution in [0, 0.1) is 5.82 Å². The van der Waals surface area contributed by atoms with E-state index in [-0.39, 0.29) is 11.6 Å². The first kappa shape index (κ1) is 17.0. The van der Waals surface area contributed by atoms with Gasteiger partial charge >= 0.3 is 6.03 Å². The quantitative estimate of drug-likeness (QED) is 0.876. The summed E-state index contributed by atoms with van der Waals surface area (Å²) in [5.74, 6) is -0.571. The molecule has 2 N–H and O–H groups in total. The molecule has 1 fully saturated rings. The van der Waals surface area contributed by atoms with E-state index in [1.165, 1.54) is 24.1 Å². The van der Waals surface area contributed by atoms with Gasteiger partial charge < -0.3 is 10.2 Å². The van der Waals surface area contributed by atoms with E-state index >= 15 is 0 Å². The number of amides is 2. The number of carbonyl (C=O) groups excluding carboxylic acids is 1. The first-order valence-corrected chi connectivity index (χ1v) is 8.69. The van der Waals surface area contributed by atoms with Gasteiger partial charge in [0.1, 0.15) is 5.82 Å². The zero-order valence-corrected chi connectivity index (χ0v) is 13.5. The molecule has 1 aliphatic rings. The highest BCUT2D eigenvalue weighted by Gasteiger charge is 2.31. The topological polar surface area (TPSA) is 78.5 Å². The van der Waals surface area contributed by atoms with Crippen molar-refractivity contribution in [1.82, 2.24) is 9.62 Å². The molecule has 122 valence electrons. The van der Waals surface area contributed by atoms with Crippen molar-refractivity contribution in [3.8, 4) is 0 Å². The maximum absolute atomic E-state index is 13.1. The van der Waals surface area contributed by atoms with Gasteiger partial charge in [0.15, 0.2) is 0 Å². The largest absolute Gasteiger partial charge is 0.323 e. The fraction of sp³-hybridized carbons (Fsp3) is 0.462. The van der Waals surface area contributed by atoms with Gasteiger partial charge in [-0.2, -0.15) is 0 Å². The number of nitrogens with zero attached hydrogens (tertiary/aromatic N) is 1. The number of urea groups is 1. The summed E-state index contributed by atoms with van der Waals surface area (Å²) in [6.07, 6.45) is 1.11. The summed E-state index contributed by atoms with van der Waals surface area (Å²) in [7, 11) is -2.06. The van der Waals surface area contributed by atoms with Gasteiger partial charge in [0.25, 0.3) is 0 Å². The molecule has 0 radical (unpaired) electrons. The molecule has 6 nitrogen and oxygen atoms in total. The Kier molecular flexibility index (Phi) is 5.25. The van der Waals surface area contributed by atoms with Crippen molar-refractivity contribution in [3.63, 3.8) is 0 Å². The number of piperidine rings is 1. The molecule has 0 bridgehead atoms. The van der Waals surface area contributed by atoms with E-state index in [1.54, 1.807) is 0 Å². The Labute approximate surface area is 133 Å². The summed E-state index contributed by atoms with van der Waals surface area (Å²) >= 11 is 5.66. The molecule has 0 saturated carbocycles. The molecule has 0 aliphatic carbocycles. The standard InChI is InChI=1S/C13H17ClFN3O3S/c1-16-22(20,21)10-3-2-6-18(8-10)13(19)17-9-4-5-12(15)11(14)7-9/h4-5,7,10,16H,2-3,6,8H2,1H3,(H,17,19)/t10-/m0/s1. The number of halogens is 2. The fourth-order valence-corrected chi connectivity index (χ4v) is 3.69. The number of carbonyl (C=O) groups is 1. The second-order valence-corrected chi connectivity index (χ2v) is 7.59. The molecule has 1 saturated heterocycles. The van der Waals surface area contributed by atoms with Gasteiger partial charge in [-0.3, -0.25) is 0 Å². The fourth-order valence-electron chi connectivity index (χ4n) is 2.32. The molecular weight excluding hydrogens is 333 g/mol. The lowest BCUT2D eigenvalue weighted by Gasteiger charge is -2.32. The SMILES string of the molecule is CNS(=O)(=O)[C@H]1CCCN(C(=O)Nc2ccc(F)c(Cl)c2)C1. The van der Waals surface area contributed by atoms with Crippen molar-refractivity contribution in [2.24, 2.45) is 0 Å². The average molecular weight is 350 g/mol. The van der Waals surface area contributed by atoms with Crippen molar-refractivity contribution >= 4 is 33.3 Å². The van der Waals surface area contributed by atoms with Gasteiger partial charge in [-0.25, -0.2) is 22.3 Å². The maximum Gasteiger partial charge on any atom is 0.321 e. The number of nitrogens with one attached hydrogen (secondary N) is 2. The Hall–Kier alpha value is -1.38. The van der Waals surface area contributed by atoms with Crippen LogP contribution in [0.3, 0.4) is 0 Å². The molecule has 1 aromatic carbocycles. The summed E-state index contributed by atoms with van der Waals surface area (Å²) in [6, 6.07) is 3.42. The zero-order chi connectivity index (χ0) is 16.3. The zero-order valence-electron chi connectivity index (χ0n) is 12.0. The summed E-state index contributed by atoms with van der Waals surface area (Å²) in [5.41, 5.74) is 0.356. The highest BCUT2D eigenvalue weighted by atomic mass is 35.5. The number of hydrogen-bond acceptors (Lipinski definition) is 3. The van der Waals surface area contributed by atoms with E-state index in [0.29, 0.717) is 25.1 Å². The van der Waals surface area contributed by atoms with Crippen LogP contribution in [0.5, 0.6) is 0 Å². The number of likely N-dealkylation sites (tertiary alicyclic amines) is 1. The molecule has 1 atom stereocenters. The summed E-state index contributed by atoms with van der Waals surface area (Å²) in [6.45, 7) is 0.584. The van der Waals surface area contributed by atoms with Gasteiger partial charge in [0.2, 0.25) is 10.0 Å². The monoisotopic (exact) mass is 349 g/mol. The first-order chi connectivity index (χ1) is 10.3. The summed E-state index contributed by atoms with van der Waals surface area (Å²) in [4.78, 5) is 13.6. The second kappa shape index (κ2) is 6.80. The maximum atomic E-state index is 13.1. The van der Waals surface area contributed by atoms with Crippen molar-refractivity contribution in [3.05, 3.63) is 29.0 Å². The highest BCUT2D eigenvalue weighted by Crippen LogP contribution is 2.21. The molecule has 0 spiro atoms. The predicted octanol–water partition coefficient (Wildman–Crippen LogP) is 2.02. The Balaban J connectivity index is 2.04. The number of anilines is 1. The third-order valence-electron chi connectivity index (χ3n) is 3.56. The van der Waals surface area contributed by atoms with Crippen LogP contribution in [0.25, 0.3) is 0 Å². The van der Waals surface area contributed by atoms with E-state index in [9.17, 15) is 17.6 Å². The van der Waals surface area contributed by atoms with Gasteiger partial charge in [-0.15, -0.1) is 0 Å². The first-order valence-electron chi connectivity index (χ1n) is 6.77. The van der Waals surface area contributed by atoms with Crippen LogP contribution >= 0.6 is 11.6 Å². The van der Waals surface area contributed by atoms with E-state index in [1.807, 2.05) is 0 Å². The van der Waals surface area contributed by atoms with Gasteiger partial charge in [0, 0.05) is 18.8 Å². The minimum absolute atomic E-state index is 0.0907. The Morgan fingerprint density at radius 3 is 2.82 bits per heavy atom. The van der Waals surface area contributed by atoms with Gasteiger partial charge in [0.05, 0.1) is 10.3 Å². The van der Waals surface area contributed by atoms with Crippen LogP contribution in [0.2, 0.25) is 5.02 Å². The number of sulfonamides is 1. The van der Waals surface area contributed by atoms with Crippen molar-refractivity contribution in [2.75, 3.05) is 25.5 Å². The minimum Gasteiger partial charge on any atom is -0.323 e. The van der Waals surface area contributed by atoms with E-state index in [4.69, 9.17) is 11.6 Å². The summed E-state index contributed by atoms with van der Waals surface area (Å²) in [5, 5.41) is 1.87. The van der Waals surface area contributed by atoms with E-state index < -0.39 is 27.1 Å². The molecular formula is C13H17ClFN3O3S. The molecule has 2 amide bonds. The predicted molar refractivity (Wildman–Crippen MR) is 83.0 cm³/mol. The molecule has 9 heteroatoms. The van der Waals surface area contributed by atoms with Crippen LogP contribution in [0.4, 0.5) is 14.9 Å². The molecule has 0 aromatic heterocycles. The van der Waals surface area contributed by atoms with Crippen LogP contribution in [-0.4, -0.2) is 44.7 Å². The lowest BCUT2D eigenvalue weighted by atomic mass is 10.1. The van der Waals surface area contributed by atoms with Crippen molar-refractivity contribution in [2.45, 2.75) is 18.1 Å². The molecule has 0 unspecified atom stereocenters. The van der Waals surface area contributed by atoms with Gasteiger partial charge in [-0.05, 0) is 38.1 Å². The van der Waals surface area contributed by atoms with Crippen LogP contribution in [-0.2, 0) is 10.0 Å². The smallest absolute Gasteiger partial charge is 0.321 e. The molecule has 2 rings (SSSR count).